The number of hydrazone groups is 1. The fraction of sp³-hybridized carbons (Fsp3) is 0.312. The van der Waals surface area contributed by atoms with Gasteiger partial charge in [0.15, 0.2) is 0 Å². The van der Waals surface area contributed by atoms with E-state index in [1.807, 2.05) is 0 Å². The summed E-state index contributed by atoms with van der Waals surface area (Å²) in [5.74, 6) is -0.684. The minimum absolute atomic E-state index is 0.0258. The number of nitrogens with one attached hydrogen (secondary N) is 1. The van der Waals surface area contributed by atoms with Crippen molar-refractivity contribution in [2.45, 2.75) is 25.0 Å². The number of hydrogen-bond acceptors (Lipinski definition) is 5. The van der Waals surface area contributed by atoms with E-state index in [0.29, 0.717) is 11.3 Å². The molecule has 0 aliphatic carbocycles. The zero-order chi connectivity index (χ0) is 19.8. The van der Waals surface area contributed by atoms with Gasteiger partial charge < -0.3 is 9.84 Å². The molecule has 0 saturated heterocycles. The maximum Gasteiger partial charge on any atom is 0.294 e. The lowest BCUT2D eigenvalue weighted by molar-refractivity contribution is -0.164. The molecule has 0 bridgehead atoms. The van der Waals surface area contributed by atoms with Crippen LogP contribution < -0.4 is 4.74 Å². The zero-order valence-electron chi connectivity index (χ0n) is 13.9. The third kappa shape index (κ3) is 3.37. The number of aromatic nitrogens is 2. The van der Waals surface area contributed by atoms with Crippen LogP contribution in [0.5, 0.6) is 5.75 Å². The minimum Gasteiger partial charge on any atom is -0.497 e. The Bertz CT molecular complexity index is 886. The van der Waals surface area contributed by atoms with Gasteiger partial charge in [0.1, 0.15) is 17.2 Å². The lowest BCUT2D eigenvalue weighted by Gasteiger charge is -2.29. The summed E-state index contributed by atoms with van der Waals surface area (Å²) >= 11 is 0. The van der Waals surface area contributed by atoms with Crippen LogP contribution in [-0.2, 0) is 0 Å². The summed E-state index contributed by atoms with van der Waals surface area (Å²) in [5, 5.41) is 19.5. The minimum atomic E-state index is -3.50. The van der Waals surface area contributed by atoms with Crippen molar-refractivity contribution in [3.8, 4) is 17.0 Å². The van der Waals surface area contributed by atoms with Crippen LogP contribution in [0.1, 0.15) is 16.9 Å². The molecule has 27 heavy (non-hydrogen) atoms. The maximum absolute atomic E-state index is 13.2. The summed E-state index contributed by atoms with van der Waals surface area (Å²) in [4.78, 5) is 12.5. The monoisotopic (exact) mass is 386 g/mol. The third-order valence-electron chi connectivity index (χ3n) is 4.00. The van der Waals surface area contributed by atoms with Crippen LogP contribution in [0.25, 0.3) is 11.3 Å². The van der Waals surface area contributed by atoms with E-state index in [4.69, 9.17) is 4.74 Å². The highest BCUT2D eigenvalue weighted by atomic mass is 19.3. The first-order chi connectivity index (χ1) is 12.8. The molecule has 0 unspecified atom stereocenters. The van der Waals surface area contributed by atoms with E-state index in [1.54, 1.807) is 24.3 Å². The van der Waals surface area contributed by atoms with Crippen LogP contribution in [0.15, 0.2) is 35.4 Å². The van der Waals surface area contributed by atoms with Gasteiger partial charge in [-0.15, -0.1) is 0 Å². The first-order valence-electron chi connectivity index (χ1n) is 7.66. The highest BCUT2D eigenvalue weighted by molar-refractivity contribution is 5.98. The predicted octanol–water partition coefficient (Wildman–Crippen LogP) is 2.51. The summed E-state index contributed by atoms with van der Waals surface area (Å²) < 4.78 is 57.2. The molecule has 1 aromatic carbocycles. The molecule has 7 nitrogen and oxygen atoms in total. The second-order valence-electron chi connectivity index (χ2n) is 5.76. The van der Waals surface area contributed by atoms with Gasteiger partial charge in [-0.25, -0.2) is 17.6 Å². The van der Waals surface area contributed by atoms with Crippen LogP contribution in [-0.4, -0.2) is 57.6 Å². The van der Waals surface area contributed by atoms with Gasteiger partial charge >= 0.3 is 0 Å². The third-order valence-corrected chi connectivity index (χ3v) is 4.00. The molecule has 1 aliphatic heterocycles. The molecular formula is C16H14F4N4O3. The van der Waals surface area contributed by atoms with Gasteiger partial charge in [0.2, 0.25) is 5.72 Å². The number of hydrogen-bond donors (Lipinski definition) is 2. The van der Waals surface area contributed by atoms with Crippen molar-refractivity contribution < 1.29 is 32.2 Å². The van der Waals surface area contributed by atoms with Gasteiger partial charge in [0.25, 0.3) is 18.8 Å². The molecule has 2 aromatic rings. The van der Waals surface area contributed by atoms with Gasteiger partial charge in [0, 0.05) is 12.0 Å². The normalized spacial score (nSPS) is 19.7. The molecule has 0 fully saturated rings. The van der Waals surface area contributed by atoms with Gasteiger partial charge in [-0.05, 0) is 18.2 Å². The molecule has 1 aliphatic rings. The number of amides is 1. The maximum atomic E-state index is 13.2. The Kier molecular flexibility index (Phi) is 4.87. The average molecular weight is 386 g/mol. The quantitative estimate of drug-likeness (QED) is 0.773. The van der Waals surface area contributed by atoms with Crippen LogP contribution >= 0.6 is 0 Å². The van der Waals surface area contributed by atoms with E-state index in [0.717, 1.165) is 0 Å². The number of nitrogens with zero attached hydrogens (tertiary/aromatic N) is 3. The second kappa shape index (κ2) is 6.99. The molecule has 2 N–H and O–H groups in total. The lowest BCUT2D eigenvalue weighted by Crippen LogP contribution is -2.51. The molecule has 0 spiro atoms. The summed E-state index contributed by atoms with van der Waals surface area (Å²) in [7, 11) is 1.47. The number of ether oxygens (including phenoxy) is 1. The molecule has 2 heterocycles. The van der Waals surface area contributed by atoms with Crippen molar-refractivity contribution in [1.82, 2.24) is 15.2 Å². The van der Waals surface area contributed by atoms with E-state index in [-0.39, 0.29) is 16.4 Å². The van der Waals surface area contributed by atoms with Crippen molar-refractivity contribution >= 4 is 11.6 Å². The first kappa shape index (κ1) is 18.8. The average Bonchev–Trinajstić information content (AvgIpc) is 3.27. The Morgan fingerprint density at radius 2 is 2.07 bits per heavy atom. The molecule has 144 valence electrons. The highest BCUT2D eigenvalue weighted by Crippen LogP contribution is 2.34. The number of alkyl halides is 4. The highest BCUT2D eigenvalue weighted by Gasteiger charge is 2.53. The van der Waals surface area contributed by atoms with E-state index >= 15 is 0 Å². The first-order valence-corrected chi connectivity index (χ1v) is 7.66. The van der Waals surface area contributed by atoms with Crippen LogP contribution in [0.4, 0.5) is 17.6 Å². The van der Waals surface area contributed by atoms with Gasteiger partial charge in [-0.3, -0.25) is 9.89 Å². The molecule has 11 heteroatoms. The molecule has 3 rings (SSSR count). The largest absolute Gasteiger partial charge is 0.497 e. The Morgan fingerprint density at radius 1 is 1.33 bits per heavy atom. The van der Waals surface area contributed by atoms with Crippen molar-refractivity contribution in [2.75, 3.05) is 7.11 Å². The molecule has 0 radical (unpaired) electrons. The Labute approximate surface area is 150 Å². The zero-order valence-corrected chi connectivity index (χ0v) is 13.9. The molecule has 0 saturated carbocycles. The summed E-state index contributed by atoms with van der Waals surface area (Å²) in [6, 6.07) is 7.91. The van der Waals surface area contributed by atoms with Crippen LogP contribution in [0.3, 0.4) is 0 Å². The van der Waals surface area contributed by atoms with Gasteiger partial charge in [0.05, 0.1) is 12.8 Å². The van der Waals surface area contributed by atoms with Crippen molar-refractivity contribution in [3.05, 3.63) is 36.0 Å². The Balaban J connectivity index is 1.92. The van der Waals surface area contributed by atoms with E-state index in [9.17, 15) is 27.5 Å². The number of H-pyrrole nitrogens is 1. The number of rotatable bonds is 5. The number of methoxy groups -OCH3 is 1. The second-order valence-corrected chi connectivity index (χ2v) is 5.76. The van der Waals surface area contributed by atoms with Crippen LogP contribution in [0.2, 0.25) is 0 Å². The molecule has 1 amide bonds. The number of benzene rings is 1. The van der Waals surface area contributed by atoms with E-state index in [2.05, 4.69) is 15.3 Å². The number of carbonyl (C=O) groups excluding carboxylic acids is 1. The number of aromatic amines is 1. The number of halogens is 4. The predicted molar refractivity (Wildman–Crippen MR) is 85.8 cm³/mol. The van der Waals surface area contributed by atoms with Gasteiger partial charge in [-0.1, -0.05) is 12.1 Å². The SMILES string of the molecule is COc1cccc(-c2cc(C(=O)N3N=C(C(F)F)C[C@]3(O)C(F)F)[nH]n2)c1. The lowest BCUT2D eigenvalue weighted by atomic mass is 10.1. The van der Waals surface area contributed by atoms with E-state index in [1.165, 1.54) is 13.2 Å². The smallest absolute Gasteiger partial charge is 0.294 e. The molecule has 1 aromatic heterocycles. The summed E-state index contributed by atoms with van der Waals surface area (Å²) in [6.07, 6.45) is -7.82. The van der Waals surface area contributed by atoms with Crippen molar-refractivity contribution in [2.24, 2.45) is 5.10 Å². The fourth-order valence-electron chi connectivity index (χ4n) is 2.58. The number of carbonyl (C=O) groups is 1. The van der Waals surface area contributed by atoms with Gasteiger partial charge in [-0.2, -0.15) is 15.2 Å². The standard InChI is InChI=1S/C16H14F4N4O3/c1-27-9-4-2-3-8(5-9)10-6-11(22-21-10)14(25)24-16(26,15(19)20)7-12(23-24)13(17)18/h2-6,13,15,26H,7H2,1H3,(H,21,22)/t16-/m0/s1. The van der Waals surface area contributed by atoms with Crippen molar-refractivity contribution in [1.29, 1.82) is 0 Å². The van der Waals surface area contributed by atoms with Crippen LogP contribution in [0, 0.1) is 0 Å². The Hall–Kier alpha value is -2.95. The van der Waals surface area contributed by atoms with Crippen molar-refractivity contribution in [3.63, 3.8) is 0 Å². The van der Waals surface area contributed by atoms with E-state index < -0.39 is 36.6 Å². The topological polar surface area (TPSA) is 90.8 Å². The molecule has 1 atom stereocenters. The summed E-state index contributed by atoms with van der Waals surface area (Å²) in [6.45, 7) is 0. The Morgan fingerprint density at radius 3 is 2.70 bits per heavy atom. The fourth-order valence-corrected chi connectivity index (χ4v) is 2.58. The number of aliphatic hydroxyl groups is 1. The summed E-state index contributed by atoms with van der Waals surface area (Å²) in [5.41, 5.74) is -3.60. The molecular weight excluding hydrogens is 372 g/mol.